The van der Waals surface area contributed by atoms with Gasteiger partial charge in [0, 0.05) is 6.20 Å². The van der Waals surface area contributed by atoms with Gasteiger partial charge in [-0.3, -0.25) is 0 Å². The van der Waals surface area contributed by atoms with Gasteiger partial charge in [-0.1, -0.05) is 0 Å². The van der Waals surface area contributed by atoms with Crippen molar-refractivity contribution in [3.8, 4) is 0 Å². The van der Waals surface area contributed by atoms with Crippen LogP contribution in [-0.2, 0) is 6.54 Å². The molecule has 2 N–H and O–H groups in total. The second-order valence-electron chi connectivity index (χ2n) is 2.36. The van der Waals surface area contributed by atoms with Crippen molar-refractivity contribution in [1.82, 2.24) is 14.6 Å². The number of fused-ring (bicyclic) bond motifs is 1. The second-order valence-corrected chi connectivity index (χ2v) is 3.21. The molecule has 0 aliphatic rings. The minimum Gasteiger partial charge on any atom is -0.324 e. The van der Waals surface area contributed by atoms with Crippen LogP contribution in [0.1, 0.15) is 5.82 Å². The van der Waals surface area contributed by atoms with Crippen molar-refractivity contribution in [3.63, 3.8) is 0 Å². The van der Waals surface area contributed by atoms with Gasteiger partial charge in [-0.2, -0.15) is 0 Å². The SMILES string of the molecule is NCc1nc2c(Br)cccn2n1. The third kappa shape index (κ3) is 1.11. The van der Waals surface area contributed by atoms with Gasteiger partial charge in [-0.05, 0) is 28.1 Å². The van der Waals surface area contributed by atoms with Crippen LogP contribution in [0.2, 0.25) is 0 Å². The van der Waals surface area contributed by atoms with Crippen molar-refractivity contribution < 1.29 is 0 Å². The van der Waals surface area contributed by atoms with E-state index in [2.05, 4.69) is 26.0 Å². The normalized spacial score (nSPS) is 10.8. The van der Waals surface area contributed by atoms with Crippen LogP contribution in [0.15, 0.2) is 22.8 Å². The summed E-state index contributed by atoms with van der Waals surface area (Å²) in [5.41, 5.74) is 6.21. The lowest BCUT2D eigenvalue weighted by molar-refractivity contribution is 0.868. The van der Waals surface area contributed by atoms with Crippen molar-refractivity contribution in [1.29, 1.82) is 0 Å². The van der Waals surface area contributed by atoms with Gasteiger partial charge in [-0.25, -0.2) is 9.50 Å². The third-order valence-electron chi connectivity index (χ3n) is 1.54. The number of nitrogens with two attached hydrogens (primary N) is 1. The van der Waals surface area contributed by atoms with Gasteiger partial charge in [0.2, 0.25) is 0 Å². The summed E-state index contributed by atoms with van der Waals surface area (Å²) < 4.78 is 2.63. The molecule has 0 bridgehead atoms. The number of rotatable bonds is 1. The van der Waals surface area contributed by atoms with Gasteiger partial charge < -0.3 is 5.73 Å². The number of hydrogen-bond acceptors (Lipinski definition) is 3. The predicted molar refractivity (Wildman–Crippen MR) is 48.6 cm³/mol. The lowest BCUT2D eigenvalue weighted by atomic mass is 10.5. The maximum atomic E-state index is 5.41. The molecule has 0 saturated heterocycles. The van der Waals surface area contributed by atoms with Crippen LogP contribution < -0.4 is 5.73 Å². The van der Waals surface area contributed by atoms with Crippen molar-refractivity contribution in [2.24, 2.45) is 5.73 Å². The Morgan fingerprint density at radius 3 is 3.08 bits per heavy atom. The predicted octanol–water partition coefficient (Wildman–Crippen LogP) is 0.951. The van der Waals surface area contributed by atoms with E-state index in [1.807, 2.05) is 18.3 Å². The highest BCUT2D eigenvalue weighted by molar-refractivity contribution is 9.10. The molecule has 0 atom stereocenters. The van der Waals surface area contributed by atoms with E-state index in [4.69, 9.17) is 5.73 Å². The zero-order valence-corrected chi connectivity index (χ0v) is 7.82. The Kier molecular flexibility index (Phi) is 1.82. The smallest absolute Gasteiger partial charge is 0.169 e. The minimum absolute atomic E-state index is 0.369. The second kappa shape index (κ2) is 2.84. The van der Waals surface area contributed by atoms with Crippen LogP contribution in [0.4, 0.5) is 0 Å². The van der Waals surface area contributed by atoms with Crippen molar-refractivity contribution >= 4 is 21.6 Å². The van der Waals surface area contributed by atoms with Crippen LogP contribution >= 0.6 is 15.9 Å². The average Bonchev–Trinajstić information content (AvgIpc) is 2.49. The molecule has 12 heavy (non-hydrogen) atoms. The molecule has 0 aromatic carbocycles. The van der Waals surface area contributed by atoms with E-state index in [1.54, 1.807) is 4.52 Å². The molecule has 0 aliphatic carbocycles. The number of aromatic nitrogens is 3. The third-order valence-corrected chi connectivity index (χ3v) is 2.16. The Labute approximate surface area is 77.5 Å². The maximum Gasteiger partial charge on any atom is 0.169 e. The molecule has 0 fully saturated rings. The fourth-order valence-corrected chi connectivity index (χ4v) is 1.43. The van der Waals surface area contributed by atoms with Crippen LogP contribution in [0.3, 0.4) is 0 Å². The van der Waals surface area contributed by atoms with E-state index in [0.717, 1.165) is 10.1 Å². The lowest BCUT2D eigenvalue weighted by Gasteiger charge is -1.90. The summed E-state index contributed by atoms with van der Waals surface area (Å²) in [6.45, 7) is 0.369. The summed E-state index contributed by atoms with van der Waals surface area (Å²) in [5.74, 6) is 0.655. The first-order valence-electron chi connectivity index (χ1n) is 3.51. The van der Waals surface area contributed by atoms with E-state index in [1.165, 1.54) is 0 Å². The molecular weight excluding hydrogens is 220 g/mol. The largest absolute Gasteiger partial charge is 0.324 e. The van der Waals surface area contributed by atoms with E-state index in [-0.39, 0.29) is 0 Å². The maximum absolute atomic E-state index is 5.41. The summed E-state index contributed by atoms with van der Waals surface area (Å²) >= 11 is 3.38. The molecule has 2 rings (SSSR count). The van der Waals surface area contributed by atoms with E-state index < -0.39 is 0 Å². The van der Waals surface area contributed by atoms with Gasteiger partial charge in [0.1, 0.15) is 0 Å². The fraction of sp³-hybridized carbons (Fsp3) is 0.143. The number of halogens is 1. The van der Waals surface area contributed by atoms with E-state index in [9.17, 15) is 0 Å². The van der Waals surface area contributed by atoms with Crippen LogP contribution in [0.5, 0.6) is 0 Å². The topological polar surface area (TPSA) is 56.2 Å². The van der Waals surface area contributed by atoms with Gasteiger partial charge >= 0.3 is 0 Å². The van der Waals surface area contributed by atoms with Crippen LogP contribution in [0, 0.1) is 0 Å². The Morgan fingerprint density at radius 1 is 1.58 bits per heavy atom. The Bertz CT molecular complexity index is 409. The summed E-state index contributed by atoms with van der Waals surface area (Å²) in [5, 5.41) is 4.14. The molecule has 0 radical (unpaired) electrons. The van der Waals surface area contributed by atoms with Crippen LogP contribution in [-0.4, -0.2) is 14.6 Å². The van der Waals surface area contributed by atoms with Gasteiger partial charge in [0.15, 0.2) is 11.5 Å². The first-order chi connectivity index (χ1) is 5.81. The Hall–Kier alpha value is -0.940. The highest BCUT2D eigenvalue weighted by atomic mass is 79.9. The zero-order valence-electron chi connectivity index (χ0n) is 6.24. The molecular formula is C7H7BrN4. The van der Waals surface area contributed by atoms with Gasteiger partial charge in [0.25, 0.3) is 0 Å². The van der Waals surface area contributed by atoms with Crippen molar-refractivity contribution in [2.75, 3.05) is 0 Å². The molecule has 0 unspecified atom stereocenters. The molecule has 0 saturated carbocycles. The minimum atomic E-state index is 0.369. The molecule has 0 amide bonds. The molecule has 2 heterocycles. The first-order valence-corrected chi connectivity index (χ1v) is 4.30. The van der Waals surface area contributed by atoms with E-state index >= 15 is 0 Å². The molecule has 0 spiro atoms. The molecule has 2 aromatic rings. The lowest BCUT2D eigenvalue weighted by Crippen LogP contribution is -1.98. The number of nitrogens with zero attached hydrogens (tertiary/aromatic N) is 3. The molecule has 4 nitrogen and oxygen atoms in total. The standard InChI is InChI=1S/C7H7BrN4/c8-5-2-1-3-12-7(5)10-6(4-9)11-12/h1-3H,4,9H2. The zero-order chi connectivity index (χ0) is 8.55. The van der Waals surface area contributed by atoms with Crippen molar-refractivity contribution in [3.05, 3.63) is 28.6 Å². The monoisotopic (exact) mass is 226 g/mol. The first kappa shape index (κ1) is 7.70. The molecule has 0 aliphatic heterocycles. The van der Waals surface area contributed by atoms with Gasteiger partial charge in [-0.15, -0.1) is 5.10 Å². The summed E-state index contributed by atoms with van der Waals surface area (Å²) in [4.78, 5) is 4.21. The average molecular weight is 227 g/mol. The highest BCUT2D eigenvalue weighted by Crippen LogP contribution is 2.14. The quantitative estimate of drug-likeness (QED) is 0.788. The number of pyridine rings is 1. The highest BCUT2D eigenvalue weighted by Gasteiger charge is 2.03. The summed E-state index contributed by atoms with van der Waals surface area (Å²) in [6, 6.07) is 3.82. The molecule has 5 heteroatoms. The van der Waals surface area contributed by atoms with Gasteiger partial charge in [0.05, 0.1) is 11.0 Å². The van der Waals surface area contributed by atoms with Crippen LogP contribution in [0.25, 0.3) is 5.65 Å². The summed E-state index contributed by atoms with van der Waals surface area (Å²) in [6.07, 6.45) is 1.84. The summed E-state index contributed by atoms with van der Waals surface area (Å²) in [7, 11) is 0. The molecule has 2 aromatic heterocycles. The fourth-order valence-electron chi connectivity index (χ4n) is 1.00. The Balaban J connectivity index is 2.74. The number of hydrogen-bond donors (Lipinski definition) is 1. The van der Waals surface area contributed by atoms with Crippen molar-refractivity contribution in [2.45, 2.75) is 6.54 Å². The Morgan fingerprint density at radius 2 is 2.42 bits per heavy atom. The van der Waals surface area contributed by atoms with E-state index in [0.29, 0.717) is 12.4 Å². The molecule has 62 valence electrons.